The highest BCUT2D eigenvalue weighted by Gasteiger charge is 2.12. The lowest BCUT2D eigenvalue weighted by Gasteiger charge is -2.13. The molecular weight excluding hydrogens is 296 g/mol. The van der Waals surface area contributed by atoms with Gasteiger partial charge in [0, 0.05) is 0 Å². The fraction of sp³-hybridized carbons (Fsp3) is 0.176. The number of para-hydroxylation sites is 2. The summed E-state index contributed by atoms with van der Waals surface area (Å²) in [4.78, 5) is 16.4. The molecule has 0 aliphatic heterocycles. The number of benzene rings is 2. The van der Waals surface area contributed by atoms with Crippen molar-refractivity contribution in [2.24, 2.45) is 0 Å². The Bertz CT molecular complexity index is 737. The molecule has 1 N–H and O–H groups in total. The zero-order valence-corrected chi connectivity index (χ0v) is 13.0. The monoisotopic (exact) mass is 312 g/mol. The van der Waals surface area contributed by atoms with E-state index in [1.165, 1.54) is 11.8 Å². The first-order valence-corrected chi connectivity index (χ1v) is 8.03. The van der Waals surface area contributed by atoms with Crippen LogP contribution in [0.3, 0.4) is 0 Å². The fourth-order valence-electron chi connectivity index (χ4n) is 2.15. The molecule has 4 nitrogen and oxygen atoms in total. The number of carbonyl (C=O) groups excluding carboxylic acids is 1. The van der Waals surface area contributed by atoms with Crippen molar-refractivity contribution in [3.8, 4) is 0 Å². The number of amides is 1. The standard InChI is InChI=1S/C17H16N2O2S/c1-12(13-7-3-2-4-8-13)18-16(20)11-22-17-19-14-9-5-6-10-15(14)21-17/h2-10,12H,11H2,1H3,(H,18,20)/t12-/m1/s1. The summed E-state index contributed by atoms with van der Waals surface area (Å²) in [6, 6.07) is 17.4. The Hall–Kier alpha value is -2.27. The Kier molecular flexibility index (Phi) is 4.44. The van der Waals surface area contributed by atoms with E-state index in [0.29, 0.717) is 5.22 Å². The van der Waals surface area contributed by atoms with E-state index in [1.54, 1.807) is 0 Å². The first kappa shape index (κ1) is 14.7. The lowest BCUT2D eigenvalue weighted by Crippen LogP contribution is -2.28. The predicted molar refractivity (Wildman–Crippen MR) is 87.7 cm³/mol. The maximum absolute atomic E-state index is 12.0. The number of hydrogen-bond donors (Lipinski definition) is 1. The van der Waals surface area contributed by atoms with Crippen molar-refractivity contribution in [2.75, 3.05) is 5.75 Å². The summed E-state index contributed by atoms with van der Waals surface area (Å²) in [5.74, 6) is 0.243. The van der Waals surface area contributed by atoms with Crippen molar-refractivity contribution >= 4 is 28.8 Å². The number of oxazole rings is 1. The molecule has 2 aromatic carbocycles. The van der Waals surface area contributed by atoms with Crippen LogP contribution in [0.5, 0.6) is 0 Å². The Morgan fingerprint density at radius 1 is 1.18 bits per heavy atom. The van der Waals surface area contributed by atoms with Gasteiger partial charge in [0.1, 0.15) is 5.52 Å². The molecule has 3 rings (SSSR count). The van der Waals surface area contributed by atoms with Gasteiger partial charge in [0.2, 0.25) is 5.91 Å². The average molecular weight is 312 g/mol. The van der Waals surface area contributed by atoms with E-state index in [9.17, 15) is 4.79 Å². The van der Waals surface area contributed by atoms with Crippen LogP contribution >= 0.6 is 11.8 Å². The molecule has 0 unspecified atom stereocenters. The molecule has 0 aliphatic rings. The summed E-state index contributed by atoms with van der Waals surface area (Å²) in [6.07, 6.45) is 0. The van der Waals surface area contributed by atoms with E-state index in [0.717, 1.165) is 16.7 Å². The molecule has 1 amide bonds. The molecule has 1 atom stereocenters. The van der Waals surface area contributed by atoms with Gasteiger partial charge in [-0.3, -0.25) is 4.79 Å². The molecule has 0 spiro atoms. The third-order valence-electron chi connectivity index (χ3n) is 3.28. The Labute approximate surface area is 132 Å². The molecule has 1 heterocycles. The summed E-state index contributed by atoms with van der Waals surface area (Å²) in [5.41, 5.74) is 2.63. The fourth-order valence-corrected chi connectivity index (χ4v) is 2.80. The minimum Gasteiger partial charge on any atom is -0.431 e. The Morgan fingerprint density at radius 3 is 2.68 bits per heavy atom. The molecule has 0 aliphatic carbocycles. The highest BCUT2D eigenvalue weighted by Crippen LogP contribution is 2.23. The molecule has 3 aromatic rings. The second-order valence-corrected chi connectivity index (χ2v) is 5.86. The molecule has 0 saturated carbocycles. The number of nitrogens with one attached hydrogen (secondary N) is 1. The predicted octanol–water partition coefficient (Wildman–Crippen LogP) is 3.80. The van der Waals surface area contributed by atoms with Crippen molar-refractivity contribution in [1.82, 2.24) is 10.3 Å². The van der Waals surface area contributed by atoms with Crippen molar-refractivity contribution in [1.29, 1.82) is 0 Å². The van der Waals surface area contributed by atoms with Crippen LogP contribution in [-0.2, 0) is 4.79 Å². The zero-order valence-electron chi connectivity index (χ0n) is 12.2. The van der Waals surface area contributed by atoms with E-state index in [4.69, 9.17) is 4.42 Å². The first-order chi connectivity index (χ1) is 10.7. The topological polar surface area (TPSA) is 55.1 Å². The van der Waals surface area contributed by atoms with Crippen molar-refractivity contribution in [3.05, 3.63) is 60.2 Å². The molecule has 1 aromatic heterocycles. The number of carbonyl (C=O) groups is 1. The summed E-state index contributed by atoms with van der Waals surface area (Å²) >= 11 is 1.30. The van der Waals surface area contributed by atoms with Crippen LogP contribution in [-0.4, -0.2) is 16.6 Å². The van der Waals surface area contributed by atoms with Gasteiger partial charge in [-0.2, -0.15) is 0 Å². The molecule has 5 heteroatoms. The molecule has 112 valence electrons. The molecule has 0 radical (unpaired) electrons. The molecule has 0 saturated heterocycles. The third-order valence-corrected chi connectivity index (χ3v) is 4.11. The molecular formula is C17H16N2O2S. The van der Waals surface area contributed by atoms with Crippen LogP contribution in [0.15, 0.2) is 64.2 Å². The Balaban J connectivity index is 1.56. The van der Waals surface area contributed by atoms with Crippen LogP contribution in [0.4, 0.5) is 0 Å². The van der Waals surface area contributed by atoms with Crippen LogP contribution in [0.1, 0.15) is 18.5 Å². The van der Waals surface area contributed by atoms with Gasteiger partial charge in [-0.25, -0.2) is 4.98 Å². The average Bonchev–Trinajstić information content (AvgIpc) is 2.96. The number of nitrogens with zero attached hydrogens (tertiary/aromatic N) is 1. The largest absolute Gasteiger partial charge is 0.431 e. The lowest BCUT2D eigenvalue weighted by atomic mass is 10.1. The van der Waals surface area contributed by atoms with Gasteiger partial charge in [0.15, 0.2) is 5.58 Å². The van der Waals surface area contributed by atoms with Crippen LogP contribution in [0, 0.1) is 0 Å². The number of rotatable bonds is 5. The van der Waals surface area contributed by atoms with Gasteiger partial charge in [-0.05, 0) is 24.6 Å². The molecule has 0 fully saturated rings. The van der Waals surface area contributed by atoms with Gasteiger partial charge < -0.3 is 9.73 Å². The van der Waals surface area contributed by atoms with Crippen LogP contribution in [0.25, 0.3) is 11.1 Å². The summed E-state index contributed by atoms with van der Waals surface area (Å²) in [6.45, 7) is 1.97. The minimum atomic E-state index is -0.0383. The number of fused-ring (bicyclic) bond motifs is 1. The number of aromatic nitrogens is 1. The minimum absolute atomic E-state index is 0.0158. The molecule has 0 bridgehead atoms. The summed E-state index contributed by atoms with van der Waals surface area (Å²) < 4.78 is 5.58. The van der Waals surface area contributed by atoms with E-state index < -0.39 is 0 Å². The van der Waals surface area contributed by atoms with Gasteiger partial charge in [-0.1, -0.05) is 54.2 Å². The van der Waals surface area contributed by atoms with Gasteiger partial charge in [0.25, 0.3) is 5.22 Å². The van der Waals surface area contributed by atoms with Gasteiger partial charge in [-0.15, -0.1) is 0 Å². The number of thioether (sulfide) groups is 1. The maximum atomic E-state index is 12.0. The van der Waals surface area contributed by atoms with Crippen molar-refractivity contribution in [2.45, 2.75) is 18.2 Å². The second-order valence-electron chi connectivity index (χ2n) is 4.94. The normalized spacial score (nSPS) is 12.2. The van der Waals surface area contributed by atoms with E-state index >= 15 is 0 Å². The van der Waals surface area contributed by atoms with E-state index in [-0.39, 0.29) is 17.7 Å². The van der Waals surface area contributed by atoms with E-state index in [1.807, 2.05) is 61.5 Å². The molecule has 22 heavy (non-hydrogen) atoms. The SMILES string of the molecule is C[C@@H](NC(=O)CSc1nc2ccccc2o1)c1ccccc1. The Morgan fingerprint density at radius 2 is 1.91 bits per heavy atom. The van der Waals surface area contributed by atoms with Gasteiger partial charge in [0.05, 0.1) is 11.8 Å². The highest BCUT2D eigenvalue weighted by atomic mass is 32.2. The van der Waals surface area contributed by atoms with Crippen LogP contribution in [0.2, 0.25) is 0 Å². The summed E-state index contributed by atoms with van der Waals surface area (Å²) in [7, 11) is 0. The summed E-state index contributed by atoms with van der Waals surface area (Å²) in [5, 5.41) is 3.49. The van der Waals surface area contributed by atoms with E-state index in [2.05, 4.69) is 10.3 Å². The highest BCUT2D eigenvalue weighted by molar-refractivity contribution is 7.99. The quantitative estimate of drug-likeness (QED) is 0.728. The van der Waals surface area contributed by atoms with Crippen molar-refractivity contribution < 1.29 is 9.21 Å². The lowest BCUT2D eigenvalue weighted by molar-refractivity contribution is -0.119. The van der Waals surface area contributed by atoms with Crippen LogP contribution < -0.4 is 5.32 Å². The smallest absolute Gasteiger partial charge is 0.257 e. The van der Waals surface area contributed by atoms with Crippen molar-refractivity contribution in [3.63, 3.8) is 0 Å². The second kappa shape index (κ2) is 6.66. The number of hydrogen-bond acceptors (Lipinski definition) is 4. The zero-order chi connectivity index (χ0) is 15.4. The van der Waals surface area contributed by atoms with Gasteiger partial charge >= 0.3 is 0 Å². The maximum Gasteiger partial charge on any atom is 0.257 e. The third kappa shape index (κ3) is 3.49. The first-order valence-electron chi connectivity index (χ1n) is 7.05.